The Morgan fingerprint density at radius 2 is 1.24 bits per heavy atom. The monoisotopic (exact) mass is 657 g/mol. The van der Waals surface area contributed by atoms with Crippen LogP contribution in [0.1, 0.15) is 95.4 Å². The summed E-state index contributed by atoms with van der Waals surface area (Å²) in [5.41, 5.74) is 3.55. The zero-order chi connectivity index (χ0) is 35.0. The van der Waals surface area contributed by atoms with Crippen molar-refractivity contribution >= 4 is 17.7 Å². The zero-order valence-electron chi connectivity index (χ0n) is 29.8. The number of rotatable bonds is 11. The molecule has 4 aromatic carbocycles. The summed E-state index contributed by atoms with van der Waals surface area (Å²) in [6, 6.07) is 38.9. The summed E-state index contributed by atoms with van der Waals surface area (Å²) in [5.74, 6) is -0.816. The SMILES string of the molecule is C[C@@H]1CC[C@@H](C(C)(C)c2ccccc2)[C@H](OC(=O)C[C@@H](c2ccccc2)[C@@H](N=C(c2ccccc2)c2ccccc2)C(=O)OC(C)(C)C)C1. The van der Waals surface area contributed by atoms with Crippen molar-refractivity contribution in [3.8, 4) is 0 Å². The first-order valence-electron chi connectivity index (χ1n) is 17.6. The van der Waals surface area contributed by atoms with Gasteiger partial charge in [0.2, 0.25) is 0 Å². The third kappa shape index (κ3) is 9.35. The highest BCUT2D eigenvalue weighted by Crippen LogP contribution is 2.44. The van der Waals surface area contributed by atoms with Crippen molar-refractivity contribution in [2.75, 3.05) is 0 Å². The molecule has 5 nitrogen and oxygen atoms in total. The van der Waals surface area contributed by atoms with Crippen LogP contribution in [0.3, 0.4) is 0 Å². The number of esters is 2. The van der Waals surface area contributed by atoms with Gasteiger partial charge in [0.25, 0.3) is 0 Å². The van der Waals surface area contributed by atoms with E-state index in [4.69, 9.17) is 14.5 Å². The number of hydrogen-bond acceptors (Lipinski definition) is 5. The average molecular weight is 658 g/mol. The Bertz CT molecular complexity index is 1640. The van der Waals surface area contributed by atoms with E-state index < -0.39 is 23.5 Å². The molecule has 1 aliphatic rings. The first-order valence-corrected chi connectivity index (χ1v) is 17.6. The number of aliphatic imine (C=N–C) groups is 1. The Hall–Kier alpha value is -4.51. The molecular weight excluding hydrogens is 606 g/mol. The maximum Gasteiger partial charge on any atom is 0.332 e. The molecule has 0 N–H and O–H groups in total. The lowest BCUT2D eigenvalue weighted by Gasteiger charge is -2.44. The topological polar surface area (TPSA) is 65.0 Å². The van der Waals surface area contributed by atoms with E-state index in [0.29, 0.717) is 11.6 Å². The van der Waals surface area contributed by atoms with Crippen molar-refractivity contribution < 1.29 is 19.1 Å². The minimum atomic E-state index is -1.01. The van der Waals surface area contributed by atoms with Gasteiger partial charge < -0.3 is 9.47 Å². The molecule has 49 heavy (non-hydrogen) atoms. The molecule has 1 aliphatic carbocycles. The maximum atomic E-state index is 14.2. The summed E-state index contributed by atoms with van der Waals surface area (Å²) in [6.07, 6.45) is 2.63. The molecule has 0 heterocycles. The first-order chi connectivity index (χ1) is 23.4. The number of hydrogen-bond donors (Lipinski definition) is 0. The molecule has 0 aliphatic heterocycles. The van der Waals surface area contributed by atoms with E-state index in [2.05, 4.69) is 45.0 Å². The van der Waals surface area contributed by atoms with Crippen LogP contribution >= 0.6 is 0 Å². The summed E-state index contributed by atoms with van der Waals surface area (Å²) in [7, 11) is 0. The van der Waals surface area contributed by atoms with Gasteiger partial charge in [-0.15, -0.1) is 0 Å². The fraction of sp³-hybridized carbons (Fsp3) is 0.386. The Balaban J connectivity index is 1.54. The van der Waals surface area contributed by atoms with Gasteiger partial charge in [-0.25, -0.2) is 4.79 Å². The molecule has 0 saturated heterocycles. The molecule has 1 fully saturated rings. The van der Waals surface area contributed by atoms with Crippen LogP contribution in [0.25, 0.3) is 0 Å². The Morgan fingerprint density at radius 1 is 0.735 bits per heavy atom. The van der Waals surface area contributed by atoms with Gasteiger partial charge in [0, 0.05) is 23.0 Å². The third-order valence-electron chi connectivity index (χ3n) is 9.79. The van der Waals surface area contributed by atoms with Crippen LogP contribution in [-0.2, 0) is 24.5 Å². The first kappa shape index (κ1) is 35.8. The summed E-state index contributed by atoms with van der Waals surface area (Å²) in [6.45, 7) is 12.3. The molecular formula is C44H51NO4. The quantitative estimate of drug-likeness (QED) is 0.119. The molecule has 5 rings (SSSR count). The fourth-order valence-electron chi connectivity index (χ4n) is 7.19. The Morgan fingerprint density at radius 3 is 1.78 bits per heavy atom. The second-order valence-electron chi connectivity index (χ2n) is 15.1. The van der Waals surface area contributed by atoms with Crippen molar-refractivity contribution in [3.63, 3.8) is 0 Å². The van der Waals surface area contributed by atoms with Crippen LogP contribution in [0.4, 0.5) is 0 Å². The minimum Gasteiger partial charge on any atom is -0.462 e. The van der Waals surface area contributed by atoms with E-state index in [9.17, 15) is 9.59 Å². The highest BCUT2D eigenvalue weighted by molar-refractivity contribution is 6.13. The van der Waals surface area contributed by atoms with Crippen LogP contribution in [-0.4, -0.2) is 35.4 Å². The van der Waals surface area contributed by atoms with E-state index in [1.165, 1.54) is 5.56 Å². The van der Waals surface area contributed by atoms with E-state index >= 15 is 0 Å². The van der Waals surface area contributed by atoms with Crippen molar-refractivity contribution in [3.05, 3.63) is 144 Å². The van der Waals surface area contributed by atoms with E-state index in [1.807, 2.05) is 118 Å². The van der Waals surface area contributed by atoms with Crippen LogP contribution in [0.15, 0.2) is 126 Å². The van der Waals surface area contributed by atoms with Gasteiger partial charge in [0.1, 0.15) is 11.7 Å². The Labute approximate surface area is 292 Å². The van der Waals surface area contributed by atoms with Gasteiger partial charge in [-0.2, -0.15) is 0 Å². The lowest BCUT2D eigenvalue weighted by molar-refractivity contribution is -0.159. The number of benzene rings is 4. The standard InChI is InChI=1S/C44H51NO4/c1-31-27-28-37(44(5,6)35-25-17-10-18-26-35)38(29-31)48-39(46)30-36(32-19-11-7-12-20-32)41(42(47)49-43(2,3)4)45-40(33-21-13-8-14-22-33)34-23-15-9-16-24-34/h7-26,31,36-38,41H,27-30H2,1-6H3/t31-,36+,37-,38-,41-/m1/s1. The van der Waals surface area contributed by atoms with Crippen molar-refractivity contribution in [1.82, 2.24) is 0 Å². The minimum absolute atomic E-state index is 0.0162. The largest absolute Gasteiger partial charge is 0.462 e. The molecule has 0 amide bonds. The van der Waals surface area contributed by atoms with Gasteiger partial charge in [0.05, 0.1) is 12.1 Å². The van der Waals surface area contributed by atoms with Crippen molar-refractivity contribution in [2.45, 2.75) is 96.3 Å². The van der Waals surface area contributed by atoms with Crippen LogP contribution in [0.5, 0.6) is 0 Å². The highest BCUT2D eigenvalue weighted by Gasteiger charge is 2.43. The zero-order valence-corrected chi connectivity index (χ0v) is 29.8. The number of carbonyl (C=O) groups is 2. The van der Waals surface area contributed by atoms with Gasteiger partial charge >= 0.3 is 11.9 Å². The molecule has 5 heteroatoms. The lowest BCUT2D eigenvalue weighted by atomic mass is 9.64. The number of nitrogens with zero attached hydrogens (tertiary/aromatic N) is 1. The summed E-state index contributed by atoms with van der Waals surface area (Å²) < 4.78 is 12.5. The number of ether oxygens (including phenoxy) is 2. The summed E-state index contributed by atoms with van der Waals surface area (Å²) in [4.78, 5) is 33.7. The van der Waals surface area contributed by atoms with Gasteiger partial charge in [-0.1, -0.05) is 149 Å². The average Bonchev–Trinajstić information content (AvgIpc) is 3.08. The van der Waals surface area contributed by atoms with E-state index in [-0.39, 0.29) is 29.8 Å². The Kier molecular flexibility index (Phi) is 11.5. The smallest absolute Gasteiger partial charge is 0.332 e. The second-order valence-corrected chi connectivity index (χ2v) is 15.1. The van der Waals surface area contributed by atoms with Crippen LogP contribution < -0.4 is 0 Å². The van der Waals surface area contributed by atoms with Gasteiger partial charge in [-0.05, 0) is 56.1 Å². The van der Waals surface area contributed by atoms with Crippen LogP contribution in [0.2, 0.25) is 0 Å². The predicted molar refractivity (Wildman–Crippen MR) is 198 cm³/mol. The molecule has 1 saturated carbocycles. The van der Waals surface area contributed by atoms with Crippen molar-refractivity contribution in [1.29, 1.82) is 0 Å². The maximum absolute atomic E-state index is 14.2. The molecule has 0 unspecified atom stereocenters. The van der Waals surface area contributed by atoms with E-state index in [1.54, 1.807) is 0 Å². The van der Waals surface area contributed by atoms with Gasteiger partial charge in [-0.3, -0.25) is 9.79 Å². The van der Waals surface area contributed by atoms with Gasteiger partial charge in [0.15, 0.2) is 6.04 Å². The van der Waals surface area contributed by atoms with Crippen molar-refractivity contribution in [2.24, 2.45) is 16.8 Å². The molecule has 4 aromatic rings. The molecule has 0 spiro atoms. The van der Waals surface area contributed by atoms with E-state index in [0.717, 1.165) is 36.0 Å². The molecule has 0 radical (unpaired) electrons. The predicted octanol–water partition coefficient (Wildman–Crippen LogP) is 9.73. The third-order valence-corrected chi connectivity index (χ3v) is 9.79. The summed E-state index contributed by atoms with van der Waals surface area (Å²) in [5, 5.41) is 0. The molecule has 0 aromatic heterocycles. The molecule has 5 atom stereocenters. The van der Waals surface area contributed by atoms with Crippen LogP contribution in [0, 0.1) is 11.8 Å². The number of carbonyl (C=O) groups excluding carboxylic acids is 2. The fourth-order valence-corrected chi connectivity index (χ4v) is 7.19. The second kappa shape index (κ2) is 15.8. The summed E-state index contributed by atoms with van der Waals surface area (Å²) >= 11 is 0. The normalized spacial score (nSPS) is 19.3. The molecule has 256 valence electrons. The molecule has 0 bridgehead atoms. The lowest BCUT2D eigenvalue weighted by Crippen LogP contribution is -2.44. The highest BCUT2D eigenvalue weighted by atomic mass is 16.6.